The minimum atomic E-state index is -3.78. The molecule has 0 unspecified atom stereocenters. The van der Waals surface area contributed by atoms with Gasteiger partial charge in [0, 0.05) is 34.7 Å². The zero-order valence-corrected chi connectivity index (χ0v) is 19.4. The molecular weight excluding hydrogens is 470 g/mol. The molecule has 8 nitrogen and oxygen atoms in total. The SMILES string of the molecule is O=C(Cc1csc2nc(-c3ccccc3)cn12)Nc1ccc(S(=O)(=O)Nc2ccccn2)cc1. The van der Waals surface area contributed by atoms with Gasteiger partial charge in [-0.1, -0.05) is 36.4 Å². The molecule has 170 valence electrons. The Kier molecular flexibility index (Phi) is 5.83. The lowest BCUT2D eigenvalue weighted by Gasteiger charge is -2.09. The smallest absolute Gasteiger partial charge is 0.263 e. The van der Waals surface area contributed by atoms with Crippen LogP contribution in [0, 0.1) is 0 Å². The van der Waals surface area contributed by atoms with Gasteiger partial charge in [-0.25, -0.2) is 18.4 Å². The first kappa shape index (κ1) is 21.8. The molecule has 2 N–H and O–H groups in total. The molecule has 0 spiro atoms. The Morgan fingerprint density at radius 1 is 0.971 bits per heavy atom. The van der Waals surface area contributed by atoms with E-state index in [0.717, 1.165) is 21.9 Å². The molecule has 0 bridgehead atoms. The summed E-state index contributed by atoms with van der Waals surface area (Å²) in [6.07, 6.45) is 3.59. The van der Waals surface area contributed by atoms with Gasteiger partial charge in [0.25, 0.3) is 10.0 Å². The topological polar surface area (TPSA) is 105 Å². The molecule has 0 aliphatic rings. The first-order valence-electron chi connectivity index (χ1n) is 10.3. The van der Waals surface area contributed by atoms with E-state index in [-0.39, 0.29) is 23.0 Å². The van der Waals surface area contributed by atoms with Gasteiger partial charge in [0.15, 0.2) is 4.96 Å². The summed E-state index contributed by atoms with van der Waals surface area (Å²) in [6, 6.07) is 20.8. The summed E-state index contributed by atoms with van der Waals surface area (Å²) in [5.41, 5.74) is 3.20. The number of aromatic nitrogens is 3. The fraction of sp³-hybridized carbons (Fsp3) is 0.0417. The Balaban J connectivity index is 1.26. The van der Waals surface area contributed by atoms with Gasteiger partial charge in [0.1, 0.15) is 5.82 Å². The van der Waals surface area contributed by atoms with Crippen LogP contribution < -0.4 is 10.0 Å². The molecule has 34 heavy (non-hydrogen) atoms. The van der Waals surface area contributed by atoms with Crippen LogP contribution in [-0.4, -0.2) is 28.7 Å². The van der Waals surface area contributed by atoms with Crippen molar-refractivity contribution >= 4 is 43.7 Å². The molecule has 0 saturated carbocycles. The van der Waals surface area contributed by atoms with E-state index >= 15 is 0 Å². The number of amides is 1. The summed E-state index contributed by atoms with van der Waals surface area (Å²) in [5, 5.41) is 4.73. The van der Waals surface area contributed by atoms with Gasteiger partial charge in [-0.15, -0.1) is 11.3 Å². The number of fused-ring (bicyclic) bond motifs is 1. The number of nitrogens with zero attached hydrogens (tertiary/aromatic N) is 3. The van der Waals surface area contributed by atoms with E-state index in [4.69, 9.17) is 0 Å². The van der Waals surface area contributed by atoms with Gasteiger partial charge >= 0.3 is 0 Å². The number of hydrogen-bond acceptors (Lipinski definition) is 6. The number of thiazole rings is 1. The van der Waals surface area contributed by atoms with Crippen molar-refractivity contribution in [3.05, 3.63) is 96.3 Å². The predicted octanol–water partition coefficient (Wildman–Crippen LogP) is 4.44. The van der Waals surface area contributed by atoms with Crippen LogP contribution in [0.25, 0.3) is 16.2 Å². The summed E-state index contributed by atoms with van der Waals surface area (Å²) < 4.78 is 29.4. The van der Waals surface area contributed by atoms with Crippen LogP contribution in [0.5, 0.6) is 0 Å². The Morgan fingerprint density at radius 3 is 2.47 bits per heavy atom. The molecule has 5 aromatic rings. The second-order valence-electron chi connectivity index (χ2n) is 7.44. The van der Waals surface area contributed by atoms with Crippen molar-refractivity contribution in [3.8, 4) is 11.3 Å². The third kappa shape index (κ3) is 4.68. The first-order valence-corrected chi connectivity index (χ1v) is 12.7. The van der Waals surface area contributed by atoms with E-state index in [1.165, 1.54) is 29.7 Å². The van der Waals surface area contributed by atoms with Gasteiger partial charge in [0.05, 0.1) is 17.0 Å². The molecular formula is C24H19N5O3S2. The molecule has 3 aromatic heterocycles. The average Bonchev–Trinajstić information content (AvgIpc) is 3.42. The maximum Gasteiger partial charge on any atom is 0.263 e. The van der Waals surface area contributed by atoms with Gasteiger partial charge < -0.3 is 5.32 Å². The fourth-order valence-corrected chi connectivity index (χ4v) is 5.29. The summed E-state index contributed by atoms with van der Waals surface area (Å²) >= 11 is 1.48. The molecule has 1 amide bonds. The van der Waals surface area contributed by atoms with Gasteiger partial charge in [-0.05, 0) is 36.4 Å². The summed E-state index contributed by atoms with van der Waals surface area (Å²) in [7, 11) is -3.78. The van der Waals surface area contributed by atoms with E-state index in [2.05, 4.69) is 20.0 Å². The number of imidazole rings is 1. The van der Waals surface area contributed by atoms with Gasteiger partial charge in [-0.2, -0.15) is 0 Å². The largest absolute Gasteiger partial charge is 0.326 e. The number of rotatable bonds is 7. The van der Waals surface area contributed by atoms with Crippen molar-refractivity contribution < 1.29 is 13.2 Å². The number of hydrogen-bond donors (Lipinski definition) is 2. The Hall–Kier alpha value is -4.02. The highest BCUT2D eigenvalue weighted by Gasteiger charge is 2.16. The van der Waals surface area contributed by atoms with Crippen molar-refractivity contribution in [1.82, 2.24) is 14.4 Å². The van der Waals surface area contributed by atoms with E-state index in [0.29, 0.717) is 5.69 Å². The molecule has 3 heterocycles. The third-order valence-electron chi connectivity index (χ3n) is 5.05. The lowest BCUT2D eigenvalue weighted by molar-refractivity contribution is -0.115. The molecule has 0 atom stereocenters. The normalized spacial score (nSPS) is 11.4. The monoisotopic (exact) mass is 489 g/mol. The van der Waals surface area contributed by atoms with Crippen LogP contribution in [0.15, 0.2) is 95.5 Å². The zero-order valence-electron chi connectivity index (χ0n) is 17.8. The molecule has 0 radical (unpaired) electrons. The molecule has 10 heteroatoms. The Bertz CT molecular complexity index is 1550. The van der Waals surface area contributed by atoms with Crippen LogP contribution >= 0.6 is 11.3 Å². The Morgan fingerprint density at radius 2 is 1.74 bits per heavy atom. The zero-order chi connectivity index (χ0) is 23.5. The summed E-state index contributed by atoms with van der Waals surface area (Å²) in [4.78, 5) is 22.1. The standard InChI is InChI=1S/C24H19N5O3S2/c30-23(14-19-16-33-24-27-21(15-29(19)24)17-6-2-1-3-7-17)26-18-9-11-20(12-10-18)34(31,32)28-22-8-4-5-13-25-22/h1-13,15-16H,14H2,(H,25,28)(H,26,30). The van der Waals surface area contributed by atoms with Gasteiger partial charge in [0.2, 0.25) is 5.91 Å². The summed E-state index contributed by atoms with van der Waals surface area (Å²) in [5.74, 6) is 0.0220. The number of pyridine rings is 1. The average molecular weight is 490 g/mol. The number of sulfonamides is 1. The summed E-state index contributed by atoms with van der Waals surface area (Å²) in [6.45, 7) is 0. The molecule has 0 aliphatic carbocycles. The van der Waals surface area contributed by atoms with Crippen LogP contribution in [0.1, 0.15) is 5.69 Å². The highest BCUT2D eigenvalue weighted by molar-refractivity contribution is 7.92. The Labute approximate surface area is 200 Å². The van der Waals surface area contributed by atoms with Crippen molar-refractivity contribution in [2.75, 3.05) is 10.0 Å². The van der Waals surface area contributed by atoms with E-state index in [1.807, 2.05) is 46.3 Å². The molecule has 2 aromatic carbocycles. The van der Waals surface area contributed by atoms with E-state index in [1.54, 1.807) is 30.3 Å². The lowest BCUT2D eigenvalue weighted by atomic mass is 10.2. The van der Waals surface area contributed by atoms with E-state index < -0.39 is 10.0 Å². The van der Waals surface area contributed by atoms with Crippen molar-refractivity contribution in [3.63, 3.8) is 0 Å². The molecule has 0 aliphatic heterocycles. The van der Waals surface area contributed by atoms with Crippen LogP contribution in [0.3, 0.4) is 0 Å². The number of carbonyl (C=O) groups is 1. The molecule has 0 fully saturated rings. The van der Waals surface area contributed by atoms with Gasteiger partial charge in [-0.3, -0.25) is 13.9 Å². The fourth-order valence-electron chi connectivity index (χ4n) is 3.41. The highest BCUT2D eigenvalue weighted by Crippen LogP contribution is 2.24. The van der Waals surface area contributed by atoms with Crippen LogP contribution in [-0.2, 0) is 21.2 Å². The lowest BCUT2D eigenvalue weighted by Crippen LogP contribution is -2.16. The second-order valence-corrected chi connectivity index (χ2v) is 9.96. The molecule has 5 rings (SSSR count). The number of nitrogens with one attached hydrogen (secondary N) is 2. The number of anilines is 2. The maximum absolute atomic E-state index is 12.6. The number of benzene rings is 2. The van der Waals surface area contributed by atoms with E-state index in [9.17, 15) is 13.2 Å². The van der Waals surface area contributed by atoms with Crippen molar-refractivity contribution in [2.45, 2.75) is 11.3 Å². The number of carbonyl (C=O) groups excluding carboxylic acids is 1. The quantitative estimate of drug-likeness (QED) is 0.352. The van der Waals surface area contributed by atoms with Crippen LogP contribution in [0.4, 0.5) is 11.5 Å². The highest BCUT2D eigenvalue weighted by atomic mass is 32.2. The predicted molar refractivity (Wildman–Crippen MR) is 132 cm³/mol. The minimum absolute atomic E-state index is 0.0718. The second kappa shape index (κ2) is 9.08. The van der Waals surface area contributed by atoms with Crippen molar-refractivity contribution in [2.24, 2.45) is 0 Å². The van der Waals surface area contributed by atoms with Crippen LogP contribution in [0.2, 0.25) is 0 Å². The third-order valence-corrected chi connectivity index (χ3v) is 7.31. The first-order chi connectivity index (χ1) is 16.5. The minimum Gasteiger partial charge on any atom is -0.326 e. The van der Waals surface area contributed by atoms with Crippen molar-refractivity contribution in [1.29, 1.82) is 0 Å². The maximum atomic E-state index is 12.6. The molecule has 0 saturated heterocycles.